The predicted molar refractivity (Wildman–Crippen MR) is 154 cm³/mol. The van der Waals surface area contributed by atoms with Crippen LogP contribution >= 0.6 is 0 Å². The molecule has 228 valence electrons. The number of alkyl halides is 3. The van der Waals surface area contributed by atoms with E-state index < -0.39 is 45.7 Å². The minimum absolute atomic E-state index is 0.127. The molecule has 1 aliphatic heterocycles. The largest absolute Gasteiger partial charge is 0.437 e. The lowest BCUT2D eigenvalue weighted by atomic mass is 10.0. The fourth-order valence-corrected chi connectivity index (χ4v) is 6.41. The summed E-state index contributed by atoms with van der Waals surface area (Å²) in [5, 5.41) is 6.84. The van der Waals surface area contributed by atoms with Crippen LogP contribution in [-0.2, 0) is 15.6 Å². The number of piperidine rings is 1. The van der Waals surface area contributed by atoms with Gasteiger partial charge < -0.3 is 15.4 Å². The predicted octanol–water partition coefficient (Wildman–Crippen LogP) is 5.40. The number of hydrogen-bond donors (Lipinski definition) is 2. The molecule has 0 radical (unpaired) electrons. The Hall–Kier alpha value is -3.91. The van der Waals surface area contributed by atoms with Crippen molar-refractivity contribution in [3.05, 3.63) is 66.0 Å². The highest BCUT2D eigenvalue weighted by Crippen LogP contribution is 2.38. The van der Waals surface area contributed by atoms with Gasteiger partial charge in [-0.15, -0.1) is 0 Å². The van der Waals surface area contributed by atoms with Crippen molar-refractivity contribution in [3.8, 4) is 22.9 Å². The van der Waals surface area contributed by atoms with E-state index in [4.69, 9.17) is 4.74 Å². The normalized spacial score (nSPS) is 17.6. The van der Waals surface area contributed by atoms with E-state index >= 15 is 0 Å². The number of rotatable bonds is 10. The van der Waals surface area contributed by atoms with Crippen LogP contribution in [0.15, 0.2) is 49.1 Å². The van der Waals surface area contributed by atoms with Gasteiger partial charge in [0.25, 0.3) is 0 Å². The van der Waals surface area contributed by atoms with Crippen molar-refractivity contribution < 1.29 is 30.7 Å². The summed E-state index contributed by atoms with van der Waals surface area (Å²) >= 11 is 0. The summed E-state index contributed by atoms with van der Waals surface area (Å²) in [6.07, 6.45) is 2.82. The van der Waals surface area contributed by atoms with Crippen molar-refractivity contribution in [2.24, 2.45) is 0 Å². The summed E-state index contributed by atoms with van der Waals surface area (Å²) in [5.41, 5.74) is 1.36. The lowest BCUT2D eigenvalue weighted by Crippen LogP contribution is -2.44. The molecular formula is C29H30F4N6O3S. The minimum atomic E-state index is -4.05. The summed E-state index contributed by atoms with van der Waals surface area (Å²) < 4.78 is 87.1. The Morgan fingerprint density at radius 2 is 1.91 bits per heavy atom. The molecule has 0 aliphatic carbocycles. The summed E-state index contributed by atoms with van der Waals surface area (Å²) in [6.45, 7) is 3.27. The van der Waals surface area contributed by atoms with E-state index in [2.05, 4.69) is 30.6 Å². The Morgan fingerprint density at radius 1 is 1.12 bits per heavy atom. The van der Waals surface area contributed by atoms with Crippen molar-refractivity contribution in [3.63, 3.8) is 0 Å². The van der Waals surface area contributed by atoms with Gasteiger partial charge >= 0.3 is 0 Å². The fourth-order valence-electron chi connectivity index (χ4n) is 4.86. The Morgan fingerprint density at radius 3 is 2.67 bits per heavy atom. The standard InChI is InChI=1S/C29H30F4N6O3S/c1-17-3-4-20-21(5-6-24(31)23(20)15-43(40,41)10-8-29(2,32)33)26(17)42-27-22(14-35-16-37-27)25-7-9-36-28(39-25)38-19-11-18(30)12-34-13-19/h3-7,9,14,16,18-19,34H,8,10-13,15H2,1-2H3,(H,36,38,39)/t18-,19-/m0/s1. The van der Waals surface area contributed by atoms with E-state index in [1.54, 1.807) is 25.1 Å². The van der Waals surface area contributed by atoms with E-state index in [1.807, 2.05) is 0 Å². The smallest absolute Gasteiger partial charge is 0.246 e. The number of benzene rings is 2. The third-order valence-electron chi connectivity index (χ3n) is 7.06. The van der Waals surface area contributed by atoms with Crippen LogP contribution in [0.1, 0.15) is 30.9 Å². The molecule has 0 bridgehead atoms. The highest BCUT2D eigenvalue weighted by atomic mass is 32.2. The topological polar surface area (TPSA) is 119 Å². The average molecular weight is 619 g/mol. The molecule has 2 aromatic heterocycles. The minimum Gasteiger partial charge on any atom is -0.437 e. The zero-order chi connectivity index (χ0) is 30.8. The molecule has 9 nitrogen and oxygen atoms in total. The monoisotopic (exact) mass is 618 g/mol. The van der Waals surface area contributed by atoms with E-state index in [1.165, 1.54) is 24.8 Å². The molecular weight excluding hydrogens is 588 g/mol. The van der Waals surface area contributed by atoms with Crippen LogP contribution in [-0.4, -0.2) is 65.3 Å². The van der Waals surface area contributed by atoms with Gasteiger partial charge in [-0.25, -0.2) is 45.9 Å². The van der Waals surface area contributed by atoms with Crippen LogP contribution in [0.25, 0.3) is 22.0 Å². The zero-order valence-electron chi connectivity index (χ0n) is 23.4. The Balaban J connectivity index is 1.47. The Bertz CT molecular complexity index is 1740. The summed E-state index contributed by atoms with van der Waals surface area (Å²) in [7, 11) is -4.05. The second kappa shape index (κ2) is 12.4. The molecule has 14 heteroatoms. The number of aromatic nitrogens is 4. The average Bonchev–Trinajstić information content (AvgIpc) is 2.95. The van der Waals surface area contributed by atoms with Gasteiger partial charge in [-0.2, -0.15) is 0 Å². The molecule has 2 aromatic carbocycles. The van der Waals surface area contributed by atoms with Gasteiger partial charge in [0.2, 0.25) is 17.8 Å². The van der Waals surface area contributed by atoms with Gasteiger partial charge in [-0.3, -0.25) is 0 Å². The lowest BCUT2D eigenvalue weighted by molar-refractivity contribution is 0.0189. The van der Waals surface area contributed by atoms with Gasteiger partial charge in [0.1, 0.15) is 24.1 Å². The molecule has 1 fully saturated rings. The van der Waals surface area contributed by atoms with Crippen LogP contribution in [0.4, 0.5) is 23.5 Å². The first-order chi connectivity index (χ1) is 20.4. The SMILES string of the molecule is Cc1ccc2c(CS(=O)(=O)CCC(C)(F)F)c(F)ccc2c1Oc1ncncc1-c1ccnc(N[C@@H]2CNC[C@@H](F)C2)n1. The first-order valence-corrected chi connectivity index (χ1v) is 15.4. The molecule has 3 heterocycles. The summed E-state index contributed by atoms with van der Waals surface area (Å²) in [6, 6.07) is 7.26. The van der Waals surface area contributed by atoms with Crippen LogP contribution in [0.3, 0.4) is 0 Å². The highest BCUT2D eigenvalue weighted by molar-refractivity contribution is 7.90. The Kier molecular flexibility index (Phi) is 8.79. The zero-order valence-corrected chi connectivity index (χ0v) is 24.3. The number of hydrogen-bond acceptors (Lipinski definition) is 9. The number of nitrogens with one attached hydrogen (secondary N) is 2. The molecule has 0 unspecified atom stereocenters. The first-order valence-electron chi connectivity index (χ1n) is 13.6. The molecule has 0 amide bonds. The quantitative estimate of drug-likeness (QED) is 0.225. The number of sulfone groups is 1. The molecule has 0 spiro atoms. The number of halogens is 4. The molecule has 1 aliphatic rings. The van der Waals surface area contributed by atoms with Gasteiger partial charge in [-0.1, -0.05) is 12.1 Å². The fraction of sp³-hybridized carbons (Fsp3) is 0.379. The Labute approximate surface area is 246 Å². The summed E-state index contributed by atoms with van der Waals surface area (Å²) in [4.78, 5) is 17.2. The second-order valence-corrected chi connectivity index (χ2v) is 12.9. The maximum absolute atomic E-state index is 15.0. The number of anilines is 1. The maximum Gasteiger partial charge on any atom is 0.246 e. The van der Waals surface area contributed by atoms with Crippen LogP contribution in [0.5, 0.6) is 11.6 Å². The molecule has 5 rings (SSSR count). The molecule has 4 aromatic rings. The third kappa shape index (κ3) is 7.54. The van der Waals surface area contributed by atoms with Crippen LogP contribution in [0.2, 0.25) is 0 Å². The van der Waals surface area contributed by atoms with Gasteiger partial charge in [0.05, 0.1) is 22.8 Å². The number of fused-ring (bicyclic) bond motifs is 1. The van der Waals surface area contributed by atoms with Crippen molar-refractivity contribution in [2.75, 3.05) is 24.2 Å². The van der Waals surface area contributed by atoms with Crippen molar-refractivity contribution >= 4 is 26.6 Å². The molecule has 43 heavy (non-hydrogen) atoms. The number of nitrogens with zero attached hydrogens (tertiary/aromatic N) is 4. The molecule has 2 N–H and O–H groups in total. The number of ether oxygens (including phenoxy) is 1. The van der Waals surface area contributed by atoms with Gasteiger partial charge in [0.15, 0.2) is 9.84 Å². The third-order valence-corrected chi connectivity index (χ3v) is 8.61. The second-order valence-electron chi connectivity index (χ2n) is 10.7. The van der Waals surface area contributed by atoms with Crippen molar-refractivity contribution in [1.29, 1.82) is 0 Å². The van der Waals surface area contributed by atoms with Gasteiger partial charge in [-0.05, 0) is 43.0 Å². The van der Waals surface area contributed by atoms with Crippen LogP contribution < -0.4 is 15.4 Å². The molecule has 1 saturated heterocycles. The van der Waals surface area contributed by atoms with Crippen LogP contribution in [0, 0.1) is 12.7 Å². The van der Waals surface area contributed by atoms with E-state index in [0.717, 1.165) is 6.07 Å². The van der Waals surface area contributed by atoms with Gasteiger partial charge in [0, 0.05) is 55.3 Å². The molecule has 0 saturated carbocycles. The van der Waals surface area contributed by atoms with E-state index in [9.17, 15) is 26.0 Å². The summed E-state index contributed by atoms with van der Waals surface area (Å²) in [5.74, 6) is -4.75. The van der Waals surface area contributed by atoms with E-state index in [0.29, 0.717) is 54.4 Å². The van der Waals surface area contributed by atoms with Crippen molar-refractivity contribution in [2.45, 2.75) is 50.6 Å². The maximum atomic E-state index is 15.0. The van der Waals surface area contributed by atoms with E-state index in [-0.39, 0.29) is 28.8 Å². The number of aryl methyl sites for hydroxylation is 1. The first kappa shape index (κ1) is 30.5. The highest BCUT2D eigenvalue weighted by Gasteiger charge is 2.27. The molecule has 2 atom stereocenters. The lowest BCUT2D eigenvalue weighted by Gasteiger charge is -2.26. The van der Waals surface area contributed by atoms with Crippen molar-refractivity contribution in [1.82, 2.24) is 25.3 Å².